The Morgan fingerprint density at radius 3 is 2.69 bits per heavy atom. The molecule has 1 aliphatic heterocycles. The van der Waals surface area contributed by atoms with E-state index < -0.39 is 15.9 Å². The first-order chi connectivity index (χ1) is 12.3. The van der Waals surface area contributed by atoms with Crippen molar-refractivity contribution in [2.45, 2.75) is 38.3 Å². The number of amides is 2. The van der Waals surface area contributed by atoms with E-state index in [1.54, 1.807) is 11.8 Å². The third-order valence-corrected chi connectivity index (χ3v) is 5.29. The van der Waals surface area contributed by atoms with Gasteiger partial charge in [0.05, 0.1) is 12.7 Å². The second kappa shape index (κ2) is 9.16. The number of nitrogens with zero attached hydrogens (tertiary/aromatic N) is 1. The number of hydrogen-bond acceptors (Lipinski definition) is 3. The van der Waals surface area contributed by atoms with E-state index in [0.29, 0.717) is 13.0 Å². The summed E-state index contributed by atoms with van der Waals surface area (Å²) >= 11 is 0. The molecule has 1 saturated heterocycles. The normalized spacial score (nSPS) is 22.3. The molecule has 1 heterocycles. The molecule has 5 nitrogen and oxygen atoms in total. The molecule has 2 amide bonds. The van der Waals surface area contributed by atoms with Gasteiger partial charge in [-0.25, -0.2) is 13.2 Å². The molecule has 26 heavy (non-hydrogen) atoms. The monoisotopic (exact) mass is 382 g/mol. The Kier molecular flexibility index (Phi) is 7.20. The van der Waals surface area contributed by atoms with Crippen LogP contribution < -0.4 is 5.32 Å². The molecule has 0 saturated carbocycles. The maximum atomic E-state index is 12.8. The number of nitrogens with one attached hydrogen (secondary N) is 1. The fraction of sp³-hybridized carbons (Fsp3) is 0.526. The number of carbonyl (C=O) groups is 1. The predicted molar refractivity (Wildman–Crippen MR) is 101 cm³/mol. The van der Waals surface area contributed by atoms with Gasteiger partial charge < -0.3 is 10.2 Å². The molecule has 1 aromatic rings. The first-order valence-corrected chi connectivity index (χ1v) is 10.8. The van der Waals surface area contributed by atoms with E-state index in [9.17, 15) is 17.6 Å². The molecule has 0 aromatic heterocycles. The van der Waals surface area contributed by atoms with Crippen LogP contribution in [0.1, 0.15) is 37.8 Å². The van der Waals surface area contributed by atoms with Crippen molar-refractivity contribution < 1.29 is 17.6 Å². The maximum Gasteiger partial charge on any atom is 0.318 e. The number of benzene rings is 1. The second-order valence-electron chi connectivity index (χ2n) is 6.88. The minimum Gasteiger partial charge on any atom is -0.332 e. The van der Waals surface area contributed by atoms with Gasteiger partial charge in [-0.3, -0.25) is 4.39 Å². The quantitative estimate of drug-likeness (QED) is 0.819. The third-order valence-electron chi connectivity index (χ3n) is 4.64. The van der Waals surface area contributed by atoms with Gasteiger partial charge in [-0.05, 0) is 37.7 Å². The summed E-state index contributed by atoms with van der Waals surface area (Å²) in [5, 5.41) is 3.93. The van der Waals surface area contributed by atoms with Gasteiger partial charge >= 0.3 is 6.03 Å². The average molecular weight is 383 g/mol. The van der Waals surface area contributed by atoms with Crippen molar-refractivity contribution in [2.75, 3.05) is 19.5 Å². The number of piperidine rings is 1. The zero-order chi connectivity index (χ0) is 19.2. The Labute approximate surface area is 155 Å². The summed E-state index contributed by atoms with van der Waals surface area (Å²) in [6.45, 7) is 1.94. The topological polar surface area (TPSA) is 66.5 Å². The van der Waals surface area contributed by atoms with Crippen molar-refractivity contribution in [2.24, 2.45) is 5.92 Å². The van der Waals surface area contributed by atoms with Gasteiger partial charge in [-0.15, -0.1) is 0 Å². The molecule has 144 valence electrons. The highest BCUT2D eigenvalue weighted by molar-refractivity contribution is 7.93. The molecule has 1 aromatic carbocycles. The zero-order valence-electron chi connectivity index (χ0n) is 15.3. The highest BCUT2D eigenvalue weighted by atomic mass is 32.2. The Bertz CT molecular complexity index is 722. The number of halogens is 1. The Morgan fingerprint density at radius 1 is 1.38 bits per heavy atom. The van der Waals surface area contributed by atoms with Crippen molar-refractivity contribution in [3.8, 4) is 0 Å². The zero-order valence-corrected chi connectivity index (χ0v) is 16.1. The standard InChI is InChI=1S/C19H27FN2O3S/c1-15(10-13-26(2,24)25)21-19(23)22-12-9-16(8-11-20)14-18(22)17-6-4-3-5-7-17/h3-7,10,13,15-16,18H,8-9,11-12,14H2,1-2H3,(H,21,23)/b13-10+/t15-,16-,18+/m0/s1. The van der Waals surface area contributed by atoms with Gasteiger partial charge in [0, 0.05) is 24.3 Å². The summed E-state index contributed by atoms with van der Waals surface area (Å²) in [5.74, 6) is 0.261. The summed E-state index contributed by atoms with van der Waals surface area (Å²) in [6, 6.07) is 9.01. The summed E-state index contributed by atoms with van der Waals surface area (Å²) < 4.78 is 35.2. The molecule has 0 radical (unpaired) electrons. The van der Waals surface area contributed by atoms with Crippen molar-refractivity contribution in [1.29, 1.82) is 0 Å². The van der Waals surface area contributed by atoms with Crippen LogP contribution in [0.5, 0.6) is 0 Å². The fourth-order valence-corrected chi connectivity index (χ4v) is 3.80. The van der Waals surface area contributed by atoms with Crippen LogP contribution in [0, 0.1) is 5.92 Å². The highest BCUT2D eigenvalue weighted by Crippen LogP contribution is 2.35. The van der Waals surface area contributed by atoms with E-state index in [2.05, 4.69) is 5.32 Å². The Hall–Kier alpha value is -1.89. The minimum absolute atomic E-state index is 0.104. The molecule has 0 aliphatic carbocycles. The van der Waals surface area contributed by atoms with Gasteiger partial charge in [-0.1, -0.05) is 36.4 Å². The van der Waals surface area contributed by atoms with E-state index in [4.69, 9.17) is 0 Å². The number of rotatable bonds is 6. The number of hydrogen-bond donors (Lipinski definition) is 1. The lowest BCUT2D eigenvalue weighted by Gasteiger charge is -2.40. The highest BCUT2D eigenvalue weighted by Gasteiger charge is 2.32. The van der Waals surface area contributed by atoms with Crippen LogP contribution in [0.15, 0.2) is 41.8 Å². The van der Waals surface area contributed by atoms with E-state index in [1.807, 2.05) is 30.3 Å². The number of sulfone groups is 1. The van der Waals surface area contributed by atoms with Gasteiger partial charge in [0.2, 0.25) is 0 Å². The largest absolute Gasteiger partial charge is 0.332 e. The molecule has 1 fully saturated rings. The van der Waals surface area contributed by atoms with Gasteiger partial charge in [0.1, 0.15) is 0 Å². The number of alkyl halides is 1. The summed E-state index contributed by atoms with van der Waals surface area (Å²) in [6.07, 6.45) is 4.59. The smallest absolute Gasteiger partial charge is 0.318 e. The minimum atomic E-state index is -3.23. The Morgan fingerprint density at radius 2 is 2.08 bits per heavy atom. The predicted octanol–water partition coefficient (Wildman–Crippen LogP) is 3.46. The van der Waals surface area contributed by atoms with E-state index in [-0.39, 0.29) is 24.7 Å². The van der Waals surface area contributed by atoms with Crippen LogP contribution in [-0.4, -0.2) is 44.9 Å². The SMILES string of the molecule is C[C@@H](/C=C/S(C)(=O)=O)NC(=O)N1CC[C@H](CCF)C[C@@H]1c1ccccc1. The first-order valence-electron chi connectivity index (χ1n) is 8.86. The van der Waals surface area contributed by atoms with E-state index in [0.717, 1.165) is 30.1 Å². The summed E-state index contributed by atoms with van der Waals surface area (Å²) in [4.78, 5) is 14.5. The van der Waals surface area contributed by atoms with Crippen LogP contribution in [0.3, 0.4) is 0 Å². The fourth-order valence-electron chi connectivity index (χ4n) is 3.28. The van der Waals surface area contributed by atoms with Gasteiger partial charge in [-0.2, -0.15) is 0 Å². The van der Waals surface area contributed by atoms with Crippen LogP contribution in [0.25, 0.3) is 0 Å². The molecule has 1 N–H and O–H groups in total. The molecule has 0 unspecified atom stereocenters. The van der Waals surface area contributed by atoms with Crippen LogP contribution in [0.4, 0.5) is 9.18 Å². The van der Waals surface area contributed by atoms with Gasteiger partial charge in [0.25, 0.3) is 0 Å². The molecular weight excluding hydrogens is 355 g/mol. The lowest BCUT2D eigenvalue weighted by molar-refractivity contribution is 0.120. The lowest BCUT2D eigenvalue weighted by atomic mass is 9.85. The molecule has 1 aliphatic rings. The third kappa shape index (κ3) is 6.12. The summed E-state index contributed by atoms with van der Waals surface area (Å²) in [5.41, 5.74) is 1.03. The molecular formula is C19H27FN2O3S. The lowest BCUT2D eigenvalue weighted by Crippen LogP contribution is -2.48. The molecule has 0 spiro atoms. The number of likely N-dealkylation sites (tertiary alicyclic amines) is 1. The molecule has 0 bridgehead atoms. The van der Waals surface area contributed by atoms with E-state index in [1.165, 1.54) is 6.08 Å². The molecule has 3 atom stereocenters. The van der Waals surface area contributed by atoms with Crippen molar-refractivity contribution in [3.05, 3.63) is 47.4 Å². The maximum absolute atomic E-state index is 12.8. The average Bonchev–Trinajstić information content (AvgIpc) is 2.60. The van der Waals surface area contributed by atoms with Crippen LogP contribution in [0.2, 0.25) is 0 Å². The Balaban J connectivity index is 2.11. The summed E-state index contributed by atoms with van der Waals surface area (Å²) in [7, 11) is -3.23. The van der Waals surface area contributed by atoms with Gasteiger partial charge in [0.15, 0.2) is 9.84 Å². The second-order valence-corrected chi connectivity index (χ2v) is 8.82. The first kappa shape index (κ1) is 20.4. The molecule has 2 rings (SSSR count). The van der Waals surface area contributed by atoms with Crippen LogP contribution >= 0.6 is 0 Å². The van der Waals surface area contributed by atoms with E-state index >= 15 is 0 Å². The van der Waals surface area contributed by atoms with Crippen molar-refractivity contribution in [3.63, 3.8) is 0 Å². The van der Waals surface area contributed by atoms with Crippen molar-refractivity contribution in [1.82, 2.24) is 10.2 Å². The number of urea groups is 1. The molecule has 7 heteroatoms. The van der Waals surface area contributed by atoms with Crippen LogP contribution in [-0.2, 0) is 9.84 Å². The number of carbonyl (C=O) groups excluding carboxylic acids is 1. The van der Waals surface area contributed by atoms with Crippen molar-refractivity contribution >= 4 is 15.9 Å².